The van der Waals surface area contributed by atoms with E-state index in [1.165, 1.54) is 12.8 Å². The van der Waals surface area contributed by atoms with Crippen LogP contribution in [0.4, 0.5) is 0 Å². The molecule has 0 heterocycles. The van der Waals surface area contributed by atoms with E-state index in [0.29, 0.717) is 5.75 Å². The third-order valence-corrected chi connectivity index (χ3v) is 2.69. The monoisotopic (exact) mass is 248 g/mol. The van der Waals surface area contributed by atoms with Crippen LogP contribution in [-0.2, 0) is 9.59 Å². The van der Waals surface area contributed by atoms with Gasteiger partial charge in [0.15, 0.2) is 0 Å². The molecule has 1 aromatic rings. The SMILES string of the molecule is CCCCCCCC(=O)C(=O)Oc1ccccc1. The molecule has 0 aliphatic heterocycles. The van der Waals surface area contributed by atoms with Gasteiger partial charge in [-0.2, -0.15) is 0 Å². The second-order valence-electron chi connectivity index (χ2n) is 4.29. The van der Waals surface area contributed by atoms with Crippen molar-refractivity contribution < 1.29 is 14.3 Å². The van der Waals surface area contributed by atoms with Crippen molar-refractivity contribution in [3.8, 4) is 5.75 Å². The molecule has 18 heavy (non-hydrogen) atoms. The smallest absolute Gasteiger partial charge is 0.379 e. The van der Waals surface area contributed by atoms with Gasteiger partial charge in [-0.1, -0.05) is 50.8 Å². The lowest BCUT2D eigenvalue weighted by atomic mass is 10.1. The molecule has 1 rings (SSSR count). The van der Waals surface area contributed by atoms with Crippen molar-refractivity contribution in [1.82, 2.24) is 0 Å². The Morgan fingerprint density at radius 3 is 2.33 bits per heavy atom. The van der Waals surface area contributed by atoms with E-state index in [2.05, 4.69) is 6.92 Å². The first kappa shape index (κ1) is 14.4. The number of ether oxygens (including phenoxy) is 1. The number of unbranched alkanes of at least 4 members (excludes halogenated alkanes) is 4. The molecule has 0 radical (unpaired) electrons. The molecule has 1 aromatic carbocycles. The maximum absolute atomic E-state index is 11.5. The average molecular weight is 248 g/mol. The number of Topliss-reactive ketones (excluding diaryl/α,β-unsaturated/α-hetero) is 1. The molecule has 98 valence electrons. The van der Waals surface area contributed by atoms with Crippen molar-refractivity contribution in [2.24, 2.45) is 0 Å². The second kappa shape index (κ2) is 8.45. The molecular weight excluding hydrogens is 228 g/mol. The van der Waals surface area contributed by atoms with Gasteiger partial charge in [-0.15, -0.1) is 0 Å². The van der Waals surface area contributed by atoms with Crippen LogP contribution in [0.15, 0.2) is 30.3 Å². The highest BCUT2D eigenvalue weighted by Crippen LogP contribution is 2.10. The number of ketones is 1. The number of esters is 1. The van der Waals surface area contributed by atoms with E-state index in [-0.39, 0.29) is 6.42 Å². The van der Waals surface area contributed by atoms with Gasteiger partial charge in [0, 0.05) is 6.42 Å². The van der Waals surface area contributed by atoms with E-state index in [9.17, 15) is 9.59 Å². The predicted molar refractivity (Wildman–Crippen MR) is 70.5 cm³/mol. The minimum Gasteiger partial charge on any atom is -0.421 e. The molecule has 0 N–H and O–H groups in total. The van der Waals surface area contributed by atoms with Crippen LogP contribution >= 0.6 is 0 Å². The quantitative estimate of drug-likeness (QED) is 0.306. The van der Waals surface area contributed by atoms with E-state index in [1.807, 2.05) is 6.07 Å². The number of carbonyl (C=O) groups is 2. The third kappa shape index (κ3) is 5.62. The number of carbonyl (C=O) groups excluding carboxylic acids is 2. The summed E-state index contributed by atoms with van der Waals surface area (Å²) in [6.07, 6.45) is 5.53. The van der Waals surface area contributed by atoms with Crippen molar-refractivity contribution in [3.63, 3.8) is 0 Å². The van der Waals surface area contributed by atoms with Crippen LogP contribution in [-0.4, -0.2) is 11.8 Å². The molecule has 3 nitrogen and oxygen atoms in total. The number of rotatable bonds is 8. The fourth-order valence-corrected chi connectivity index (χ4v) is 1.64. The van der Waals surface area contributed by atoms with Crippen LogP contribution in [0.2, 0.25) is 0 Å². The lowest BCUT2D eigenvalue weighted by Gasteiger charge is -2.03. The Bertz CT molecular complexity index is 371. The molecule has 0 amide bonds. The lowest BCUT2D eigenvalue weighted by molar-refractivity contribution is -0.147. The maximum atomic E-state index is 11.5. The zero-order valence-corrected chi connectivity index (χ0v) is 10.9. The molecule has 0 aliphatic carbocycles. The summed E-state index contributed by atoms with van der Waals surface area (Å²) in [5, 5.41) is 0. The third-order valence-electron chi connectivity index (χ3n) is 2.69. The Labute approximate surface area is 108 Å². The first-order valence-corrected chi connectivity index (χ1v) is 6.54. The van der Waals surface area contributed by atoms with Gasteiger partial charge in [-0.3, -0.25) is 4.79 Å². The van der Waals surface area contributed by atoms with Gasteiger partial charge in [-0.25, -0.2) is 4.79 Å². The van der Waals surface area contributed by atoms with Crippen molar-refractivity contribution in [2.75, 3.05) is 0 Å². The van der Waals surface area contributed by atoms with Crippen LogP contribution in [0, 0.1) is 0 Å². The number of para-hydroxylation sites is 1. The summed E-state index contributed by atoms with van der Waals surface area (Å²) in [5.74, 6) is -0.770. The summed E-state index contributed by atoms with van der Waals surface area (Å²) < 4.78 is 4.97. The highest BCUT2D eigenvalue weighted by molar-refractivity contribution is 6.34. The fraction of sp³-hybridized carbons (Fsp3) is 0.467. The molecule has 3 heteroatoms. The first-order valence-electron chi connectivity index (χ1n) is 6.54. The highest BCUT2D eigenvalue weighted by atomic mass is 16.5. The van der Waals surface area contributed by atoms with Crippen molar-refractivity contribution in [1.29, 1.82) is 0 Å². The zero-order chi connectivity index (χ0) is 13.2. The van der Waals surface area contributed by atoms with Gasteiger partial charge in [0.2, 0.25) is 5.78 Å². The number of hydrogen-bond donors (Lipinski definition) is 0. The van der Waals surface area contributed by atoms with Crippen molar-refractivity contribution in [2.45, 2.75) is 45.4 Å². The Kier molecular flexibility index (Phi) is 6.77. The maximum Gasteiger partial charge on any atom is 0.379 e. The van der Waals surface area contributed by atoms with E-state index in [0.717, 1.165) is 19.3 Å². The van der Waals surface area contributed by atoms with Gasteiger partial charge >= 0.3 is 5.97 Å². The Morgan fingerprint density at radius 2 is 1.67 bits per heavy atom. The van der Waals surface area contributed by atoms with Gasteiger partial charge in [-0.05, 0) is 18.6 Å². The Hall–Kier alpha value is -1.64. The molecule has 0 fully saturated rings. The zero-order valence-electron chi connectivity index (χ0n) is 10.9. The molecule has 0 bridgehead atoms. The van der Waals surface area contributed by atoms with E-state index >= 15 is 0 Å². The van der Waals surface area contributed by atoms with Crippen LogP contribution in [0.1, 0.15) is 45.4 Å². The predicted octanol–water partition coefficient (Wildman–Crippen LogP) is 3.52. The fourth-order valence-electron chi connectivity index (χ4n) is 1.64. The number of benzene rings is 1. The lowest BCUT2D eigenvalue weighted by Crippen LogP contribution is -2.20. The highest BCUT2D eigenvalue weighted by Gasteiger charge is 2.15. The normalized spacial score (nSPS) is 10.1. The summed E-state index contributed by atoms with van der Waals surface area (Å²) in [7, 11) is 0. The summed E-state index contributed by atoms with van der Waals surface area (Å²) in [5.41, 5.74) is 0. The molecule has 0 aromatic heterocycles. The summed E-state index contributed by atoms with van der Waals surface area (Å²) in [4.78, 5) is 23.0. The standard InChI is InChI=1S/C15H20O3/c1-2-3-4-5-9-12-14(16)15(17)18-13-10-7-6-8-11-13/h6-8,10-11H,2-5,9,12H2,1H3. The molecule has 0 saturated heterocycles. The molecule has 0 atom stereocenters. The minimum absolute atomic E-state index is 0.287. The summed E-state index contributed by atoms with van der Waals surface area (Å²) in [6.45, 7) is 2.14. The van der Waals surface area contributed by atoms with Crippen LogP contribution in [0.5, 0.6) is 5.75 Å². The van der Waals surface area contributed by atoms with E-state index < -0.39 is 11.8 Å². The van der Waals surface area contributed by atoms with Gasteiger partial charge in [0.25, 0.3) is 0 Å². The average Bonchev–Trinajstić information content (AvgIpc) is 2.39. The molecule has 0 spiro atoms. The van der Waals surface area contributed by atoms with E-state index in [1.54, 1.807) is 24.3 Å². The number of hydrogen-bond acceptors (Lipinski definition) is 3. The molecule has 0 aliphatic rings. The van der Waals surface area contributed by atoms with E-state index in [4.69, 9.17) is 4.74 Å². The second-order valence-corrected chi connectivity index (χ2v) is 4.29. The summed E-state index contributed by atoms with van der Waals surface area (Å²) in [6, 6.07) is 8.67. The molecular formula is C15H20O3. The Balaban J connectivity index is 2.23. The minimum atomic E-state index is -0.753. The van der Waals surface area contributed by atoms with Crippen LogP contribution in [0.25, 0.3) is 0 Å². The van der Waals surface area contributed by atoms with Gasteiger partial charge in [0.05, 0.1) is 0 Å². The molecule has 0 unspecified atom stereocenters. The van der Waals surface area contributed by atoms with Gasteiger partial charge in [0.1, 0.15) is 5.75 Å². The van der Waals surface area contributed by atoms with Crippen molar-refractivity contribution >= 4 is 11.8 Å². The Morgan fingerprint density at radius 1 is 1.00 bits per heavy atom. The van der Waals surface area contributed by atoms with Gasteiger partial charge < -0.3 is 4.74 Å². The van der Waals surface area contributed by atoms with Crippen LogP contribution < -0.4 is 4.74 Å². The summed E-state index contributed by atoms with van der Waals surface area (Å²) >= 11 is 0. The van der Waals surface area contributed by atoms with Crippen molar-refractivity contribution in [3.05, 3.63) is 30.3 Å². The largest absolute Gasteiger partial charge is 0.421 e. The van der Waals surface area contributed by atoms with Crippen LogP contribution in [0.3, 0.4) is 0 Å². The topological polar surface area (TPSA) is 43.4 Å². The molecule has 0 saturated carbocycles. The first-order chi connectivity index (χ1) is 8.74.